The van der Waals surface area contributed by atoms with Gasteiger partial charge in [-0.3, -0.25) is 15.1 Å². The lowest BCUT2D eigenvalue weighted by molar-refractivity contribution is -0.385. The van der Waals surface area contributed by atoms with Gasteiger partial charge in [0.15, 0.2) is 0 Å². The standard InChI is InChI=1S/C21H15N3O2S/c1-14-6-11-18-20(12-14)27-21(23-18)15-7-9-17(10-8-15)22-13-16-4-2-3-5-19(16)24(25)26/h2-13H,1H3. The molecular weight excluding hydrogens is 358 g/mol. The molecule has 0 unspecified atom stereocenters. The fraction of sp³-hybridized carbons (Fsp3) is 0.0476. The topological polar surface area (TPSA) is 68.4 Å². The summed E-state index contributed by atoms with van der Waals surface area (Å²) in [5.41, 5.74) is 4.50. The molecule has 0 fully saturated rings. The van der Waals surface area contributed by atoms with Crippen molar-refractivity contribution >= 4 is 39.1 Å². The maximum absolute atomic E-state index is 11.1. The van der Waals surface area contributed by atoms with E-state index in [1.807, 2.05) is 30.3 Å². The first kappa shape index (κ1) is 17.1. The van der Waals surface area contributed by atoms with Crippen molar-refractivity contribution in [1.82, 2.24) is 4.98 Å². The molecule has 0 amide bonds. The zero-order valence-corrected chi connectivity index (χ0v) is 15.3. The molecule has 0 aliphatic heterocycles. The first-order valence-electron chi connectivity index (χ1n) is 8.35. The van der Waals surface area contributed by atoms with Crippen LogP contribution in [0, 0.1) is 17.0 Å². The van der Waals surface area contributed by atoms with Crippen molar-refractivity contribution < 1.29 is 4.92 Å². The van der Waals surface area contributed by atoms with Gasteiger partial charge in [-0.2, -0.15) is 0 Å². The summed E-state index contributed by atoms with van der Waals surface area (Å²) in [4.78, 5) is 19.7. The van der Waals surface area contributed by atoms with Gasteiger partial charge >= 0.3 is 0 Å². The Morgan fingerprint density at radius 1 is 1.07 bits per heavy atom. The molecule has 0 radical (unpaired) electrons. The molecule has 0 N–H and O–H groups in total. The summed E-state index contributed by atoms with van der Waals surface area (Å²) in [5, 5.41) is 12.0. The van der Waals surface area contributed by atoms with Crippen LogP contribution in [0.25, 0.3) is 20.8 Å². The third-order valence-electron chi connectivity index (χ3n) is 4.14. The van der Waals surface area contributed by atoms with Crippen LogP contribution in [0.4, 0.5) is 11.4 Å². The number of nitrogens with zero attached hydrogens (tertiary/aromatic N) is 3. The van der Waals surface area contributed by atoms with Crippen LogP contribution in [0.1, 0.15) is 11.1 Å². The Balaban J connectivity index is 1.59. The monoisotopic (exact) mass is 373 g/mol. The first-order chi connectivity index (χ1) is 13.1. The molecule has 1 aromatic heterocycles. The van der Waals surface area contributed by atoms with Gasteiger partial charge in [-0.1, -0.05) is 18.2 Å². The van der Waals surface area contributed by atoms with Crippen LogP contribution < -0.4 is 0 Å². The van der Waals surface area contributed by atoms with E-state index < -0.39 is 4.92 Å². The van der Waals surface area contributed by atoms with Crippen molar-refractivity contribution in [2.45, 2.75) is 6.92 Å². The van der Waals surface area contributed by atoms with Gasteiger partial charge in [0.25, 0.3) is 5.69 Å². The summed E-state index contributed by atoms with van der Waals surface area (Å²) in [5.74, 6) is 0. The summed E-state index contributed by atoms with van der Waals surface area (Å²) >= 11 is 1.66. The molecular formula is C21H15N3O2S. The zero-order chi connectivity index (χ0) is 18.8. The van der Waals surface area contributed by atoms with E-state index in [0.717, 1.165) is 21.8 Å². The summed E-state index contributed by atoms with van der Waals surface area (Å²) in [7, 11) is 0. The third kappa shape index (κ3) is 3.61. The number of benzene rings is 3. The predicted molar refractivity (Wildman–Crippen MR) is 110 cm³/mol. The molecule has 27 heavy (non-hydrogen) atoms. The summed E-state index contributed by atoms with van der Waals surface area (Å²) in [6.45, 7) is 2.07. The quantitative estimate of drug-likeness (QED) is 0.253. The van der Waals surface area contributed by atoms with E-state index in [4.69, 9.17) is 0 Å². The molecule has 1 heterocycles. The summed E-state index contributed by atoms with van der Waals surface area (Å²) in [6, 6.07) is 20.5. The van der Waals surface area contributed by atoms with E-state index in [1.54, 1.807) is 29.5 Å². The van der Waals surface area contributed by atoms with Crippen molar-refractivity contribution in [2.24, 2.45) is 4.99 Å². The van der Waals surface area contributed by atoms with E-state index in [-0.39, 0.29) is 5.69 Å². The Labute approximate surface area is 159 Å². The molecule has 0 aliphatic rings. The van der Waals surface area contributed by atoms with Gasteiger partial charge in [0.05, 0.1) is 26.4 Å². The lowest BCUT2D eigenvalue weighted by Gasteiger charge is -1.98. The van der Waals surface area contributed by atoms with Crippen molar-refractivity contribution in [3.8, 4) is 10.6 Å². The number of para-hydroxylation sites is 1. The summed E-state index contributed by atoms with van der Waals surface area (Å²) in [6.07, 6.45) is 1.52. The number of hydrogen-bond acceptors (Lipinski definition) is 5. The van der Waals surface area contributed by atoms with Crippen molar-refractivity contribution in [3.05, 3.63) is 88.0 Å². The smallest absolute Gasteiger partial charge is 0.258 e. The molecule has 4 aromatic rings. The number of nitro benzene ring substituents is 1. The minimum Gasteiger partial charge on any atom is -0.258 e. The molecule has 0 saturated heterocycles. The molecule has 4 rings (SSSR count). The van der Waals surface area contributed by atoms with Gasteiger partial charge in [0, 0.05) is 17.8 Å². The number of fused-ring (bicyclic) bond motifs is 1. The fourth-order valence-electron chi connectivity index (χ4n) is 2.75. The maximum atomic E-state index is 11.1. The molecule has 6 heteroatoms. The highest BCUT2D eigenvalue weighted by molar-refractivity contribution is 7.21. The number of rotatable bonds is 4. The predicted octanol–water partition coefficient (Wildman–Crippen LogP) is 5.93. The lowest BCUT2D eigenvalue weighted by atomic mass is 10.2. The highest BCUT2D eigenvalue weighted by atomic mass is 32.1. The van der Waals surface area contributed by atoms with Crippen LogP contribution in [-0.4, -0.2) is 16.1 Å². The average Bonchev–Trinajstić information content (AvgIpc) is 3.10. The molecule has 5 nitrogen and oxygen atoms in total. The number of thiazole rings is 1. The van der Waals surface area contributed by atoms with Crippen LogP contribution in [0.2, 0.25) is 0 Å². The van der Waals surface area contributed by atoms with E-state index in [0.29, 0.717) is 5.56 Å². The SMILES string of the molecule is Cc1ccc2nc(-c3ccc(N=Cc4ccccc4[N+](=O)[O-])cc3)sc2c1. The van der Waals surface area contributed by atoms with Gasteiger partial charge in [0.2, 0.25) is 0 Å². The van der Waals surface area contributed by atoms with Gasteiger partial charge in [-0.05, 0) is 55.0 Å². The summed E-state index contributed by atoms with van der Waals surface area (Å²) < 4.78 is 1.17. The third-order valence-corrected chi connectivity index (χ3v) is 5.21. The Bertz CT molecular complexity index is 1160. The number of hydrogen-bond donors (Lipinski definition) is 0. The van der Waals surface area contributed by atoms with Gasteiger partial charge < -0.3 is 0 Å². The zero-order valence-electron chi connectivity index (χ0n) is 14.5. The van der Waals surface area contributed by atoms with E-state index in [2.05, 4.69) is 29.0 Å². The number of nitro groups is 1. The first-order valence-corrected chi connectivity index (χ1v) is 9.17. The number of aliphatic imine (C=N–C) groups is 1. The number of aromatic nitrogens is 1. The van der Waals surface area contributed by atoms with Gasteiger partial charge in [-0.25, -0.2) is 4.98 Å². The molecule has 132 valence electrons. The highest BCUT2D eigenvalue weighted by Gasteiger charge is 2.10. The Hall–Kier alpha value is -3.38. The van der Waals surface area contributed by atoms with Crippen LogP contribution in [0.5, 0.6) is 0 Å². The van der Waals surface area contributed by atoms with Crippen molar-refractivity contribution in [2.75, 3.05) is 0 Å². The number of aryl methyl sites for hydroxylation is 1. The Kier molecular flexibility index (Phi) is 4.48. The second kappa shape index (κ2) is 7.09. The molecule has 0 bridgehead atoms. The van der Waals surface area contributed by atoms with Gasteiger partial charge in [0.1, 0.15) is 5.01 Å². The van der Waals surface area contributed by atoms with Crippen molar-refractivity contribution in [3.63, 3.8) is 0 Å². The second-order valence-electron chi connectivity index (χ2n) is 6.11. The van der Waals surface area contributed by atoms with Crippen LogP contribution in [-0.2, 0) is 0 Å². The van der Waals surface area contributed by atoms with Gasteiger partial charge in [-0.15, -0.1) is 11.3 Å². The maximum Gasteiger partial charge on any atom is 0.278 e. The van der Waals surface area contributed by atoms with E-state index >= 15 is 0 Å². The Morgan fingerprint density at radius 2 is 1.85 bits per heavy atom. The lowest BCUT2D eigenvalue weighted by Crippen LogP contribution is -1.93. The largest absolute Gasteiger partial charge is 0.278 e. The molecule has 0 atom stereocenters. The Morgan fingerprint density at radius 3 is 2.63 bits per heavy atom. The fourth-order valence-corrected chi connectivity index (χ4v) is 3.82. The average molecular weight is 373 g/mol. The minimum atomic E-state index is -0.403. The van der Waals surface area contributed by atoms with Crippen LogP contribution >= 0.6 is 11.3 Å². The van der Waals surface area contributed by atoms with Crippen LogP contribution in [0.3, 0.4) is 0 Å². The highest BCUT2D eigenvalue weighted by Crippen LogP contribution is 2.31. The van der Waals surface area contributed by atoms with E-state index in [9.17, 15) is 10.1 Å². The van der Waals surface area contributed by atoms with E-state index in [1.165, 1.54) is 22.5 Å². The molecule has 3 aromatic carbocycles. The normalized spacial score (nSPS) is 11.3. The molecule has 0 spiro atoms. The van der Waals surface area contributed by atoms with Crippen LogP contribution in [0.15, 0.2) is 71.7 Å². The molecule has 0 aliphatic carbocycles. The van der Waals surface area contributed by atoms with Crippen molar-refractivity contribution in [1.29, 1.82) is 0 Å². The second-order valence-corrected chi connectivity index (χ2v) is 7.14. The minimum absolute atomic E-state index is 0.0441. The molecule has 0 saturated carbocycles.